The van der Waals surface area contributed by atoms with E-state index in [1.54, 1.807) is 0 Å². The highest BCUT2D eigenvalue weighted by Gasteiger charge is 2.32. The summed E-state index contributed by atoms with van der Waals surface area (Å²) in [5, 5.41) is 23.1. The monoisotopic (exact) mass is 260 g/mol. The van der Waals surface area contributed by atoms with Crippen LogP contribution in [0.4, 0.5) is 0 Å². The summed E-state index contributed by atoms with van der Waals surface area (Å²) >= 11 is 0. The number of likely N-dealkylation sites (N-methyl/N-ethyl adjacent to an activating group) is 1. The van der Waals surface area contributed by atoms with E-state index in [-0.39, 0.29) is 19.6 Å². The molecule has 7 nitrogen and oxygen atoms in total. The molecule has 0 saturated heterocycles. The highest BCUT2D eigenvalue weighted by atomic mass is 16.3. The van der Waals surface area contributed by atoms with E-state index in [1.807, 2.05) is 0 Å². The van der Waals surface area contributed by atoms with E-state index in [1.165, 1.54) is 20.9 Å². The third-order valence-corrected chi connectivity index (χ3v) is 2.53. The van der Waals surface area contributed by atoms with Gasteiger partial charge in [-0.25, -0.2) is 0 Å². The third-order valence-electron chi connectivity index (χ3n) is 2.53. The Bertz CT molecular complexity index is 327. The second-order valence-electron chi connectivity index (χ2n) is 4.59. The predicted molar refractivity (Wildman–Crippen MR) is 63.6 cm³/mol. The van der Waals surface area contributed by atoms with Crippen molar-refractivity contribution in [3.05, 3.63) is 0 Å². The predicted octanol–water partition coefficient (Wildman–Crippen LogP) is -1.81. The summed E-state index contributed by atoms with van der Waals surface area (Å²) in [6, 6.07) is 0. The van der Waals surface area contributed by atoms with Gasteiger partial charge < -0.3 is 20.8 Å². The fourth-order valence-electron chi connectivity index (χ4n) is 1.09. The van der Waals surface area contributed by atoms with Gasteiger partial charge in [0.2, 0.25) is 11.7 Å². The van der Waals surface area contributed by atoms with Crippen LogP contribution >= 0.6 is 0 Å². The number of nitrogens with one attached hydrogen (secondary N) is 2. The molecular weight excluding hydrogens is 240 g/mol. The van der Waals surface area contributed by atoms with E-state index in [9.17, 15) is 19.5 Å². The van der Waals surface area contributed by atoms with E-state index in [0.29, 0.717) is 0 Å². The summed E-state index contributed by atoms with van der Waals surface area (Å²) in [5.74, 6) is -2.05. The number of aliphatic hydroxyl groups excluding tert-OH is 2. The Hall–Kier alpha value is -1.47. The lowest BCUT2D eigenvalue weighted by molar-refractivity contribution is -0.139. The van der Waals surface area contributed by atoms with Crippen LogP contribution in [-0.4, -0.2) is 54.1 Å². The summed E-state index contributed by atoms with van der Waals surface area (Å²) in [5.41, 5.74) is -0.963. The van der Waals surface area contributed by atoms with Crippen molar-refractivity contribution in [3.8, 4) is 0 Å². The van der Waals surface area contributed by atoms with Crippen LogP contribution < -0.4 is 10.6 Å². The highest BCUT2D eigenvalue weighted by molar-refractivity contribution is 6.36. The molecule has 0 heterocycles. The molecular formula is C11H20N2O5. The number of ketones is 1. The van der Waals surface area contributed by atoms with Crippen molar-refractivity contribution in [2.24, 2.45) is 5.41 Å². The van der Waals surface area contributed by atoms with Crippen LogP contribution in [0.25, 0.3) is 0 Å². The number of carbonyl (C=O) groups excluding carboxylic acids is 3. The number of rotatable bonds is 7. The van der Waals surface area contributed by atoms with Crippen molar-refractivity contribution in [2.45, 2.75) is 26.4 Å². The summed E-state index contributed by atoms with van der Waals surface area (Å²) in [4.78, 5) is 33.5. The van der Waals surface area contributed by atoms with Crippen LogP contribution in [0.15, 0.2) is 0 Å². The lowest BCUT2D eigenvalue weighted by Crippen LogP contribution is -2.46. The lowest BCUT2D eigenvalue weighted by Gasteiger charge is -2.27. The average molecular weight is 260 g/mol. The molecule has 0 aromatic carbocycles. The van der Waals surface area contributed by atoms with Crippen molar-refractivity contribution in [2.75, 3.05) is 20.2 Å². The topological polar surface area (TPSA) is 116 Å². The van der Waals surface area contributed by atoms with Crippen LogP contribution in [0.3, 0.4) is 0 Å². The molecule has 4 N–H and O–H groups in total. The molecule has 2 amide bonds. The SMILES string of the molecule is CNC(=O)C(=O)CCNC(=O)C(O)C(C)(C)CO. The highest BCUT2D eigenvalue weighted by Crippen LogP contribution is 2.19. The number of aliphatic hydroxyl groups is 2. The van der Waals surface area contributed by atoms with Crippen molar-refractivity contribution < 1.29 is 24.6 Å². The smallest absolute Gasteiger partial charge is 0.287 e. The molecule has 0 bridgehead atoms. The first-order valence-electron chi connectivity index (χ1n) is 5.57. The van der Waals surface area contributed by atoms with Crippen molar-refractivity contribution in [1.82, 2.24) is 10.6 Å². The zero-order valence-electron chi connectivity index (χ0n) is 10.8. The Morgan fingerprint density at radius 1 is 1.28 bits per heavy atom. The first-order valence-corrected chi connectivity index (χ1v) is 5.57. The van der Waals surface area contributed by atoms with Gasteiger partial charge in [0, 0.05) is 25.4 Å². The molecule has 1 atom stereocenters. The normalized spacial score (nSPS) is 12.7. The quantitative estimate of drug-likeness (QED) is 0.403. The van der Waals surface area contributed by atoms with E-state index in [4.69, 9.17) is 5.11 Å². The number of hydrogen-bond acceptors (Lipinski definition) is 5. The zero-order chi connectivity index (χ0) is 14.3. The zero-order valence-corrected chi connectivity index (χ0v) is 10.8. The number of amides is 2. The maximum atomic E-state index is 11.5. The first kappa shape index (κ1) is 16.5. The fraction of sp³-hybridized carbons (Fsp3) is 0.727. The summed E-state index contributed by atoms with van der Waals surface area (Å²) < 4.78 is 0. The number of carbonyl (C=O) groups is 3. The van der Waals surface area contributed by atoms with E-state index < -0.39 is 29.1 Å². The Morgan fingerprint density at radius 3 is 2.28 bits per heavy atom. The summed E-state index contributed by atoms with van der Waals surface area (Å²) in [7, 11) is 1.34. The molecule has 0 saturated carbocycles. The molecule has 0 aliphatic rings. The number of hydrogen-bond donors (Lipinski definition) is 4. The molecule has 0 rings (SSSR count). The van der Waals surface area contributed by atoms with E-state index in [2.05, 4.69) is 10.6 Å². The van der Waals surface area contributed by atoms with Gasteiger partial charge in [0.05, 0.1) is 6.61 Å². The van der Waals surface area contributed by atoms with Gasteiger partial charge >= 0.3 is 0 Å². The molecule has 104 valence electrons. The average Bonchev–Trinajstić information content (AvgIpc) is 2.36. The lowest BCUT2D eigenvalue weighted by atomic mass is 9.87. The Labute approximate surface area is 106 Å². The van der Waals surface area contributed by atoms with Crippen LogP contribution in [0, 0.1) is 5.41 Å². The first-order chi connectivity index (χ1) is 8.26. The molecule has 0 aliphatic carbocycles. The van der Waals surface area contributed by atoms with Gasteiger partial charge in [-0.1, -0.05) is 13.8 Å². The third kappa shape index (κ3) is 4.80. The minimum atomic E-state index is -1.38. The second-order valence-corrected chi connectivity index (χ2v) is 4.59. The molecule has 0 radical (unpaired) electrons. The van der Waals surface area contributed by atoms with Gasteiger partial charge in [-0.3, -0.25) is 14.4 Å². The molecule has 18 heavy (non-hydrogen) atoms. The van der Waals surface area contributed by atoms with Gasteiger partial charge in [0.1, 0.15) is 6.10 Å². The van der Waals surface area contributed by atoms with Gasteiger partial charge in [-0.05, 0) is 0 Å². The van der Waals surface area contributed by atoms with E-state index >= 15 is 0 Å². The van der Waals surface area contributed by atoms with Crippen molar-refractivity contribution in [3.63, 3.8) is 0 Å². The van der Waals surface area contributed by atoms with Crippen LogP contribution in [0.5, 0.6) is 0 Å². The molecule has 0 spiro atoms. The minimum absolute atomic E-state index is 0.0380. The van der Waals surface area contributed by atoms with Gasteiger partial charge in [-0.2, -0.15) is 0 Å². The van der Waals surface area contributed by atoms with Crippen LogP contribution in [0.2, 0.25) is 0 Å². The largest absolute Gasteiger partial charge is 0.396 e. The standard InChI is InChI=1S/C11H20N2O5/c1-11(2,6-14)8(16)10(18)13-5-4-7(15)9(17)12-3/h8,14,16H,4-6H2,1-3H3,(H,12,17)(H,13,18). The van der Waals surface area contributed by atoms with Crippen LogP contribution in [-0.2, 0) is 14.4 Å². The van der Waals surface area contributed by atoms with Crippen molar-refractivity contribution >= 4 is 17.6 Å². The van der Waals surface area contributed by atoms with E-state index in [0.717, 1.165) is 0 Å². The number of Topliss-reactive ketones (excluding diaryl/α,β-unsaturated/α-hetero) is 1. The van der Waals surface area contributed by atoms with Gasteiger partial charge in [-0.15, -0.1) is 0 Å². The maximum Gasteiger partial charge on any atom is 0.287 e. The summed E-state index contributed by atoms with van der Waals surface area (Å²) in [6.45, 7) is 2.68. The van der Waals surface area contributed by atoms with Gasteiger partial charge in [0.25, 0.3) is 5.91 Å². The fourth-order valence-corrected chi connectivity index (χ4v) is 1.09. The van der Waals surface area contributed by atoms with Crippen molar-refractivity contribution in [1.29, 1.82) is 0 Å². The van der Waals surface area contributed by atoms with Crippen LogP contribution in [0.1, 0.15) is 20.3 Å². The Kier molecular flexibility index (Phi) is 6.50. The molecule has 0 aliphatic heterocycles. The molecule has 0 fully saturated rings. The minimum Gasteiger partial charge on any atom is -0.396 e. The molecule has 0 aromatic heterocycles. The molecule has 0 aromatic rings. The molecule has 1 unspecified atom stereocenters. The maximum absolute atomic E-state index is 11.5. The van der Waals surface area contributed by atoms with Gasteiger partial charge in [0.15, 0.2) is 0 Å². The second kappa shape index (κ2) is 7.07. The Morgan fingerprint density at radius 2 is 1.83 bits per heavy atom. The molecule has 7 heteroatoms. The summed E-state index contributed by atoms with van der Waals surface area (Å²) in [6.07, 6.45) is -1.52. The Balaban J connectivity index is 4.13.